The van der Waals surface area contributed by atoms with E-state index < -0.39 is 17.7 Å². The van der Waals surface area contributed by atoms with Crippen molar-refractivity contribution in [3.05, 3.63) is 47.9 Å². The van der Waals surface area contributed by atoms with Gasteiger partial charge in [0.05, 0.1) is 17.6 Å². The predicted octanol–water partition coefficient (Wildman–Crippen LogP) is 2.84. The van der Waals surface area contributed by atoms with E-state index in [-0.39, 0.29) is 5.56 Å². The minimum Gasteiger partial charge on any atom is -0.352 e. The van der Waals surface area contributed by atoms with Crippen LogP contribution in [0, 0.1) is 11.6 Å². The van der Waals surface area contributed by atoms with Crippen molar-refractivity contribution in [3.63, 3.8) is 0 Å². The van der Waals surface area contributed by atoms with E-state index in [1.807, 2.05) is 0 Å². The summed E-state index contributed by atoms with van der Waals surface area (Å²) in [5.41, 5.74) is 0.960. The molecule has 0 saturated carbocycles. The quantitative estimate of drug-likeness (QED) is 0.746. The van der Waals surface area contributed by atoms with Crippen LogP contribution in [0.25, 0.3) is 11.0 Å². The Hall–Kier alpha value is -2.57. The molecule has 5 nitrogen and oxygen atoms in total. The van der Waals surface area contributed by atoms with Gasteiger partial charge in [-0.2, -0.15) is 5.10 Å². The van der Waals surface area contributed by atoms with Crippen LogP contribution in [0.15, 0.2) is 30.7 Å². The number of hydrogen-bond acceptors (Lipinski definition) is 4. The summed E-state index contributed by atoms with van der Waals surface area (Å²) in [6, 6.07) is 3.05. The van der Waals surface area contributed by atoms with Crippen LogP contribution < -0.4 is 4.90 Å². The van der Waals surface area contributed by atoms with Gasteiger partial charge in [0.15, 0.2) is 5.65 Å². The van der Waals surface area contributed by atoms with Gasteiger partial charge in [0.2, 0.25) is 0 Å². The normalized spacial score (nSPS) is 12.6. The lowest BCUT2D eigenvalue weighted by Crippen LogP contribution is -2.24. The van der Waals surface area contributed by atoms with Crippen molar-refractivity contribution in [2.45, 2.75) is 13.0 Å². The van der Waals surface area contributed by atoms with E-state index in [2.05, 4.69) is 15.1 Å². The molecule has 1 atom stereocenters. The van der Waals surface area contributed by atoms with Crippen molar-refractivity contribution in [2.75, 3.05) is 11.9 Å². The second-order valence-corrected chi connectivity index (χ2v) is 5.16. The van der Waals surface area contributed by atoms with Gasteiger partial charge in [-0.25, -0.2) is 18.7 Å². The molecule has 0 saturated heterocycles. The molecule has 0 N–H and O–H groups in total. The van der Waals surface area contributed by atoms with Gasteiger partial charge in [-0.15, -0.1) is 0 Å². The Balaban J connectivity index is 2.05. The standard InChI is InChI=1S/C15H15F2N5/c1-9(11-6-10(16)4-5-13(11)17)21(2)14-12-7-20-22(3)15(12)19-8-18-14/h4-9H,1-3H3/t9-/m0/s1. The molecule has 2 aromatic heterocycles. The zero-order valence-corrected chi connectivity index (χ0v) is 12.5. The molecule has 2 heterocycles. The van der Waals surface area contributed by atoms with Gasteiger partial charge in [0, 0.05) is 19.7 Å². The van der Waals surface area contributed by atoms with E-state index in [0.29, 0.717) is 11.5 Å². The van der Waals surface area contributed by atoms with Gasteiger partial charge in [0.1, 0.15) is 23.8 Å². The third-order valence-corrected chi connectivity index (χ3v) is 3.83. The molecule has 0 spiro atoms. The fourth-order valence-corrected chi connectivity index (χ4v) is 2.46. The van der Waals surface area contributed by atoms with Crippen LogP contribution >= 0.6 is 0 Å². The molecule has 1 aromatic carbocycles. The highest BCUT2D eigenvalue weighted by atomic mass is 19.1. The molecule has 7 heteroatoms. The summed E-state index contributed by atoms with van der Waals surface area (Å²) in [5.74, 6) is -0.294. The third kappa shape index (κ3) is 2.28. The predicted molar refractivity (Wildman–Crippen MR) is 79.5 cm³/mol. The van der Waals surface area contributed by atoms with Gasteiger partial charge in [-0.1, -0.05) is 0 Å². The summed E-state index contributed by atoms with van der Waals surface area (Å²) in [4.78, 5) is 10.2. The molecular formula is C15H15F2N5. The van der Waals surface area contributed by atoms with E-state index in [1.54, 1.807) is 36.8 Å². The van der Waals surface area contributed by atoms with Crippen molar-refractivity contribution in [2.24, 2.45) is 7.05 Å². The maximum absolute atomic E-state index is 14.0. The monoisotopic (exact) mass is 303 g/mol. The van der Waals surface area contributed by atoms with Crippen molar-refractivity contribution >= 4 is 16.9 Å². The summed E-state index contributed by atoms with van der Waals surface area (Å²) in [5, 5.41) is 4.92. The molecule has 0 unspecified atom stereocenters. The van der Waals surface area contributed by atoms with Gasteiger partial charge in [-0.3, -0.25) is 4.68 Å². The van der Waals surface area contributed by atoms with Crippen LogP contribution in [0.4, 0.5) is 14.6 Å². The molecule has 0 amide bonds. The molecule has 0 aliphatic heterocycles. The van der Waals surface area contributed by atoms with Crippen LogP contribution in [0.2, 0.25) is 0 Å². The van der Waals surface area contributed by atoms with E-state index in [9.17, 15) is 8.78 Å². The lowest BCUT2D eigenvalue weighted by molar-refractivity contribution is 0.564. The summed E-state index contributed by atoms with van der Waals surface area (Å²) in [6.07, 6.45) is 3.10. The van der Waals surface area contributed by atoms with Gasteiger partial charge < -0.3 is 4.90 Å². The number of halogens is 2. The average Bonchev–Trinajstić information content (AvgIpc) is 2.90. The van der Waals surface area contributed by atoms with Crippen molar-refractivity contribution in [3.8, 4) is 0 Å². The fraction of sp³-hybridized carbons (Fsp3) is 0.267. The third-order valence-electron chi connectivity index (χ3n) is 3.83. The Labute approximate surface area is 126 Å². The Morgan fingerprint density at radius 2 is 2.00 bits per heavy atom. The second kappa shape index (κ2) is 5.32. The molecule has 0 aliphatic rings. The molecule has 22 heavy (non-hydrogen) atoms. The number of benzene rings is 1. The summed E-state index contributed by atoms with van der Waals surface area (Å²) >= 11 is 0. The topological polar surface area (TPSA) is 46.8 Å². The SMILES string of the molecule is C[C@@H](c1cc(F)ccc1F)N(C)c1ncnc2c1cnn2C. The first-order valence-electron chi connectivity index (χ1n) is 6.79. The Kier molecular flexibility index (Phi) is 3.48. The second-order valence-electron chi connectivity index (χ2n) is 5.16. The number of aromatic nitrogens is 4. The highest BCUT2D eigenvalue weighted by Crippen LogP contribution is 2.30. The van der Waals surface area contributed by atoms with E-state index in [4.69, 9.17) is 0 Å². The first-order valence-corrected chi connectivity index (χ1v) is 6.79. The highest BCUT2D eigenvalue weighted by molar-refractivity contribution is 5.86. The molecule has 3 rings (SSSR count). The van der Waals surface area contributed by atoms with Gasteiger partial charge in [-0.05, 0) is 25.1 Å². The first kappa shape index (κ1) is 14.4. The molecule has 0 aliphatic carbocycles. The van der Waals surface area contributed by atoms with Crippen LogP contribution in [-0.4, -0.2) is 26.8 Å². The molecular weight excluding hydrogens is 288 g/mol. The Morgan fingerprint density at radius 3 is 2.77 bits per heavy atom. The summed E-state index contributed by atoms with van der Waals surface area (Å²) < 4.78 is 29.0. The number of aryl methyl sites for hydroxylation is 1. The van der Waals surface area contributed by atoms with Crippen molar-refractivity contribution in [1.82, 2.24) is 19.7 Å². The van der Waals surface area contributed by atoms with E-state index >= 15 is 0 Å². The van der Waals surface area contributed by atoms with Crippen molar-refractivity contribution < 1.29 is 8.78 Å². The fourth-order valence-electron chi connectivity index (χ4n) is 2.46. The summed E-state index contributed by atoms with van der Waals surface area (Å²) in [6.45, 7) is 1.79. The van der Waals surface area contributed by atoms with Gasteiger partial charge >= 0.3 is 0 Å². The van der Waals surface area contributed by atoms with Gasteiger partial charge in [0.25, 0.3) is 0 Å². The number of anilines is 1. The Morgan fingerprint density at radius 1 is 1.23 bits per heavy atom. The molecule has 3 aromatic rings. The molecule has 0 bridgehead atoms. The maximum Gasteiger partial charge on any atom is 0.163 e. The van der Waals surface area contributed by atoms with Crippen LogP contribution in [0.5, 0.6) is 0 Å². The largest absolute Gasteiger partial charge is 0.352 e. The minimum atomic E-state index is -0.467. The minimum absolute atomic E-state index is 0.276. The number of nitrogens with zero attached hydrogens (tertiary/aromatic N) is 5. The Bertz CT molecular complexity index is 830. The van der Waals surface area contributed by atoms with Crippen LogP contribution in [0.1, 0.15) is 18.5 Å². The van der Waals surface area contributed by atoms with Crippen LogP contribution in [-0.2, 0) is 7.05 Å². The number of rotatable bonds is 3. The highest BCUT2D eigenvalue weighted by Gasteiger charge is 2.20. The lowest BCUT2D eigenvalue weighted by Gasteiger charge is -2.27. The average molecular weight is 303 g/mol. The first-order chi connectivity index (χ1) is 10.5. The van der Waals surface area contributed by atoms with E-state index in [1.165, 1.54) is 12.4 Å². The van der Waals surface area contributed by atoms with Crippen LogP contribution in [0.3, 0.4) is 0 Å². The smallest absolute Gasteiger partial charge is 0.163 e. The van der Waals surface area contributed by atoms with E-state index in [0.717, 1.165) is 17.5 Å². The zero-order chi connectivity index (χ0) is 15.9. The summed E-state index contributed by atoms with van der Waals surface area (Å²) in [7, 11) is 3.57. The number of hydrogen-bond donors (Lipinski definition) is 0. The molecule has 114 valence electrons. The van der Waals surface area contributed by atoms with Crippen molar-refractivity contribution in [1.29, 1.82) is 0 Å². The molecule has 0 fully saturated rings. The molecule has 0 radical (unpaired) electrons. The number of fused-ring (bicyclic) bond motifs is 1. The maximum atomic E-state index is 14.0. The zero-order valence-electron chi connectivity index (χ0n) is 12.5. The lowest BCUT2D eigenvalue weighted by atomic mass is 10.1.